The van der Waals surface area contributed by atoms with Gasteiger partial charge in [0.25, 0.3) is 5.92 Å². The zero-order chi connectivity index (χ0) is 15.2. The first-order valence-corrected chi connectivity index (χ1v) is 5.02. The second-order valence-corrected chi connectivity index (χ2v) is 3.92. The molecule has 8 heteroatoms. The monoisotopic (exact) mass is 286 g/mol. The minimum Gasteiger partial charge on any atom is -0.341 e. The third kappa shape index (κ3) is 4.00. The van der Waals surface area contributed by atoms with Crippen molar-refractivity contribution in [3.8, 4) is 0 Å². The number of hydrogen-bond acceptors (Lipinski definition) is 1. The molecule has 1 nitrogen and oxygen atoms in total. The van der Waals surface area contributed by atoms with Crippen LogP contribution in [0.3, 0.4) is 0 Å². The van der Waals surface area contributed by atoms with Crippen molar-refractivity contribution in [1.29, 1.82) is 0 Å². The molecule has 0 aliphatic carbocycles. The molecular weight excluding hydrogens is 269 g/mol. The normalized spacial score (nSPS) is 14.8. The Morgan fingerprint density at radius 2 is 1.39 bits per heavy atom. The molecule has 0 aliphatic rings. The van der Waals surface area contributed by atoms with Gasteiger partial charge in [-0.05, 0) is 20.3 Å². The maximum atomic E-state index is 13.5. The lowest BCUT2D eigenvalue weighted by molar-refractivity contribution is -0.314. The molecule has 1 atom stereocenters. The smallest absolute Gasteiger partial charge is 0.341 e. The lowest BCUT2D eigenvalue weighted by atomic mass is 9.81. The molecule has 0 N–H and O–H groups in total. The molecule has 0 saturated carbocycles. The average molecular weight is 286 g/mol. The summed E-state index contributed by atoms with van der Waals surface area (Å²) in [5.41, 5.74) is -3.27. The van der Waals surface area contributed by atoms with Crippen molar-refractivity contribution in [2.75, 3.05) is 14.0 Å². The van der Waals surface area contributed by atoms with Gasteiger partial charge in [-0.2, -0.15) is 13.2 Å². The zero-order valence-electron chi connectivity index (χ0n) is 10.5. The fourth-order valence-corrected chi connectivity index (χ4v) is 1.15. The molecule has 112 valence electrons. The van der Waals surface area contributed by atoms with Crippen LogP contribution in [0.1, 0.15) is 27.2 Å². The Morgan fingerprint density at radius 1 is 1.00 bits per heavy atom. The molecule has 0 radical (unpaired) electrons. The minimum atomic E-state index is -5.09. The first-order valence-electron chi connectivity index (χ1n) is 5.02. The van der Waals surface area contributed by atoms with Crippen LogP contribution < -0.4 is 0 Å². The van der Waals surface area contributed by atoms with E-state index in [0.717, 1.165) is 0 Å². The van der Waals surface area contributed by atoms with Crippen LogP contribution in [-0.4, -0.2) is 32.2 Å². The number of hydrogen-bond donors (Lipinski definition) is 0. The van der Waals surface area contributed by atoms with Crippen LogP contribution in [0.5, 0.6) is 0 Å². The van der Waals surface area contributed by atoms with Crippen molar-refractivity contribution in [3.63, 3.8) is 0 Å². The summed E-state index contributed by atoms with van der Waals surface area (Å²) in [5.74, 6) is -4.19. The van der Waals surface area contributed by atoms with Gasteiger partial charge in [0.1, 0.15) is 11.5 Å². The number of rotatable bonds is 5. The molecule has 0 fully saturated rings. The van der Waals surface area contributed by atoms with Gasteiger partial charge in [-0.1, -0.05) is 6.92 Å². The molecule has 0 aromatic carbocycles. The largest absolute Gasteiger partial charge is 0.399 e. The average Bonchev–Trinajstić information content (AvgIpc) is 2.26. The summed E-state index contributed by atoms with van der Waals surface area (Å²) < 4.78 is 89.7. The molecule has 0 bridgehead atoms. The number of ether oxygens (including phenoxy) is 1. The van der Waals surface area contributed by atoms with E-state index in [-0.39, 0.29) is 0 Å². The summed E-state index contributed by atoms with van der Waals surface area (Å²) >= 11 is 0. The third-order valence-corrected chi connectivity index (χ3v) is 2.58. The highest BCUT2D eigenvalue weighted by Crippen LogP contribution is 2.51. The Bertz CT molecular complexity index is 225. The van der Waals surface area contributed by atoms with Crippen molar-refractivity contribution >= 4 is 0 Å². The lowest BCUT2D eigenvalue weighted by Gasteiger charge is -2.39. The van der Waals surface area contributed by atoms with E-state index in [4.69, 9.17) is 0 Å². The molecule has 0 amide bonds. The topological polar surface area (TPSA) is 9.23 Å². The fraction of sp³-hybridized carbons (Fsp3) is 1.00. The number of halogens is 7. The van der Waals surface area contributed by atoms with Gasteiger partial charge >= 0.3 is 6.18 Å². The molecule has 1 unspecified atom stereocenters. The first-order chi connectivity index (χ1) is 8.02. The lowest BCUT2D eigenvalue weighted by Crippen LogP contribution is -2.54. The standard InChI is InChI=1S/C9H14F6O.CH3F/c1-4-6(16-5-10)8(11,12)7(2,3)9(13,14)15;1-2/h6H,4-5H2,1-3H3;1H3. The van der Waals surface area contributed by atoms with Crippen molar-refractivity contribution < 1.29 is 35.5 Å². The summed E-state index contributed by atoms with van der Waals surface area (Å²) in [6, 6.07) is 0. The van der Waals surface area contributed by atoms with E-state index < -0.39 is 36.9 Å². The Morgan fingerprint density at radius 3 is 1.61 bits per heavy atom. The summed E-state index contributed by atoms with van der Waals surface area (Å²) in [6.45, 7) is 0.414. The van der Waals surface area contributed by atoms with E-state index in [1.54, 1.807) is 0 Å². The van der Waals surface area contributed by atoms with Gasteiger partial charge in [-0.25, -0.2) is 13.2 Å². The van der Waals surface area contributed by atoms with Crippen molar-refractivity contribution in [3.05, 3.63) is 0 Å². The molecule has 0 saturated heterocycles. The van der Waals surface area contributed by atoms with Crippen LogP contribution >= 0.6 is 0 Å². The van der Waals surface area contributed by atoms with Crippen LogP contribution in [0.15, 0.2) is 0 Å². The van der Waals surface area contributed by atoms with Crippen molar-refractivity contribution in [1.82, 2.24) is 0 Å². The first kappa shape index (κ1) is 19.8. The van der Waals surface area contributed by atoms with Gasteiger partial charge in [0.2, 0.25) is 0 Å². The summed E-state index contributed by atoms with van der Waals surface area (Å²) in [5, 5.41) is 0. The van der Waals surface area contributed by atoms with Gasteiger partial charge < -0.3 is 4.74 Å². The summed E-state index contributed by atoms with van der Waals surface area (Å²) in [6.07, 6.45) is -7.59. The molecule has 0 aliphatic heterocycles. The van der Waals surface area contributed by atoms with Gasteiger partial charge in [0, 0.05) is 0 Å². The van der Waals surface area contributed by atoms with Crippen molar-refractivity contribution in [2.45, 2.75) is 45.4 Å². The highest BCUT2D eigenvalue weighted by Gasteiger charge is 2.66. The maximum Gasteiger partial charge on any atom is 0.399 e. The molecule has 0 aromatic heterocycles. The molecule has 18 heavy (non-hydrogen) atoms. The third-order valence-electron chi connectivity index (χ3n) is 2.58. The van der Waals surface area contributed by atoms with E-state index in [2.05, 4.69) is 4.74 Å². The summed E-state index contributed by atoms with van der Waals surface area (Å²) in [4.78, 5) is 0. The van der Waals surface area contributed by atoms with E-state index in [1.807, 2.05) is 0 Å². The van der Waals surface area contributed by atoms with E-state index in [9.17, 15) is 30.7 Å². The zero-order valence-corrected chi connectivity index (χ0v) is 10.5. The summed E-state index contributed by atoms with van der Waals surface area (Å²) in [7, 11) is 0.500. The molecule has 0 aromatic rings. The Labute approximate surface area is 101 Å². The molecule has 0 rings (SSSR count). The number of alkyl halides is 7. The van der Waals surface area contributed by atoms with Crippen molar-refractivity contribution in [2.24, 2.45) is 5.41 Å². The van der Waals surface area contributed by atoms with Crippen LogP contribution in [0.2, 0.25) is 0 Å². The SMILES string of the molecule is CCC(OCF)C(F)(F)C(C)(C)C(F)(F)F.CF. The quantitative estimate of drug-likeness (QED) is 0.675. The maximum absolute atomic E-state index is 13.5. The molecule has 0 spiro atoms. The molecule has 0 heterocycles. The van der Waals surface area contributed by atoms with Gasteiger partial charge in [-0.15, -0.1) is 0 Å². The van der Waals surface area contributed by atoms with E-state index in [1.165, 1.54) is 6.92 Å². The predicted octanol–water partition coefficient (Wildman–Crippen LogP) is 4.52. The van der Waals surface area contributed by atoms with Gasteiger partial charge in [0.15, 0.2) is 6.86 Å². The van der Waals surface area contributed by atoms with Crippen LogP contribution in [0.4, 0.5) is 30.7 Å². The predicted molar refractivity (Wildman–Crippen MR) is 53.0 cm³/mol. The van der Waals surface area contributed by atoms with E-state index >= 15 is 0 Å². The van der Waals surface area contributed by atoms with E-state index in [0.29, 0.717) is 21.0 Å². The highest BCUT2D eigenvalue weighted by atomic mass is 19.4. The molecular formula is C10H17F7O. The minimum absolute atomic E-state index is 0.372. The Hall–Kier alpha value is -0.530. The van der Waals surface area contributed by atoms with Crippen LogP contribution in [0, 0.1) is 5.41 Å². The Kier molecular flexibility index (Phi) is 7.87. The van der Waals surface area contributed by atoms with Gasteiger partial charge in [-0.3, -0.25) is 4.39 Å². The Balaban J connectivity index is 0. The van der Waals surface area contributed by atoms with Crippen LogP contribution in [0.25, 0.3) is 0 Å². The van der Waals surface area contributed by atoms with Gasteiger partial charge in [0.05, 0.1) is 7.18 Å². The second-order valence-electron chi connectivity index (χ2n) is 3.92. The highest BCUT2D eigenvalue weighted by molar-refractivity contribution is 4.96. The fourth-order valence-electron chi connectivity index (χ4n) is 1.15. The van der Waals surface area contributed by atoms with Crippen LogP contribution in [-0.2, 0) is 4.74 Å². The second kappa shape index (κ2) is 7.16.